The molecule has 1 heterocycles. The molecule has 7 nitrogen and oxygen atoms in total. The Kier molecular flexibility index (Phi) is 9.08. The van der Waals surface area contributed by atoms with E-state index in [2.05, 4.69) is 5.32 Å². The molecule has 4 aromatic rings. The molecule has 39 heavy (non-hydrogen) atoms. The van der Waals surface area contributed by atoms with Gasteiger partial charge in [0.2, 0.25) is 11.8 Å². The van der Waals surface area contributed by atoms with E-state index in [1.807, 2.05) is 42.5 Å². The van der Waals surface area contributed by atoms with E-state index in [0.29, 0.717) is 53.6 Å². The van der Waals surface area contributed by atoms with Gasteiger partial charge in [-0.25, -0.2) is 4.98 Å². The zero-order chi connectivity index (χ0) is 28.0. The van der Waals surface area contributed by atoms with Crippen LogP contribution in [0.15, 0.2) is 83.3 Å². The second-order valence-corrected chi connectivity index (χ2v) is 11.8. The molecule has 0 aliphatic rings. The van der Waals surface area contributed by atoms with E-state index in [4.69, 9.17) is 21.0 Å². The van der Waals surface area contributed by atoms with Gasteiger partial charge in [-0.2, -0.15) is 0 Å². The van der Waals surface area contributed by atoms with Crippen molar-refractivity contribution < 1.29 is 23.6 Å². The van der Waals surface area contributed by atoms with Crippen molar-refractivity contribution in [3.05, 3.63) is 95.2 Å². The monoisotopic (exact) mass is 566 g/mol. The Labute approximate surface area is 233 Å². The second-order valence-electron chi connectivity index (χ2n) is 9.43. The highest BCUT2D eigenvalue weighted by atomic mass is 35.5. The Hall–Kier alpha value is -3.22. The predicted molar refractivity (Wildman–Crippen MR) is 155 cm³/mol. The van der Waals surface area contributed by atoms with Crippen LogP contribution in [0.3, 0.4) is 0 Å². The summed E-state index contributed by atoms with van der Waals surface area (Å²) in [6.07, 6.45) is 1.94. The molecule has 0 saturated carbocycles. The van der Waals surface area contributed by atoms with Gasteiger partial charge < -0.3 is 19.5 Å². The van der Waals surface area contributed by atoms with Crippen molar-refractivity contribution in [3.63, 3.8) is 0 Å². The summed E-state index contributed by atoms with van der Waals surface area (Å²) in [6, 6.07) is 23.8. The van der Waals surface area contributed by atoms with E-state index < -0.39 is 12.8 Å². The molecule has 0 aliphatic carbocycles. The summed E-state index contributed by atoms with van der Waals surface area (Å²) in [7, 11) is -4.37. The molecule has 1 amide bonds. The number of anilines is 1. The topological polar surface area (TPSA) is 113 Å². The lowest BCUT2D eigenvalue weighted by Gasteiger charge is -2.33. The van der Waals surface area contributed by atoms with Crippen LogP contribution in [0.2, 0.25) is 5.02 Å². The third kappa shape index (κ3) is 6.51. The number of hydrogen-bond acceptors (Lipinski definition) is 4. The van der Waals surface area contributed by atoms with Gasteiger partial charge in [-0.15, -0.1) is 0 Å². The van der Waals surface area contributed by atoms with Gasteiger partial charge >= 0.3 is 7.60 Å². The average molecular weight is 567 g/mol. The molecule has 204 valence electrons. The summed E-state index contributed by atoms with van der Waals surface area (Å²) >= 11 is 6.07. The summed E-state index contributed by atoms with van der Waals surface area (Å²) in [5.74, 6) is 1.05. The number of rotatable bonds is 11. The van der Waals surface area contributed by atoms with E-state index in [9.17, 15) is 19.1 Å². The number of amides is 1. The Morgan fingerprint density at radius 3 is 2.18 bits per heavy atom. The fraction of sp³-hybridized carbons (Fsp3) is 0.267. The van der Waals surface area contributed by atoms with Gasteiger partial charge in [0.1, 0.15) is 11.5 Å². The van der Waals surface area contributed by atoms with Gasteiger partial charge in [-0.3, -0.25) is 9.36 Å². The summed E-state index contributed by atoms with van der Waals surface area (Å²) < 4.78 is 18.4. The highest BCUT2D eigenvalue weighted by Gasteiger charge is 2.45. The van der Waals surface area contributed by atoms with Crippen molar-refractivity contribution in [2.75, 3.05) is 5.32 Å². The van der Waals surface area contributed by atoms with Gasteiger partial charge in [0.05, 0.1) is 5.16 Å². The maximum Gasteiger partial charge on any atom is 0.335 e. The van der Waals surface area contributed by atoms with Crippen LogP contribution in [0, 0.1) is 0 Å². The van der Waals surface area contributed by atoms with Gasteiger partial charge in [0.25, 0.3) is 0 Å². The standard InChI is InChI=1S/C30H32ClN2O5P/c1-3-30(4-2,39(35,36)37)23-15-19-25(20-16-23)32-27(34)12-8-11-26-28(21-13-17-24(31)18-14-21)33-29(38-26)22-9-6-5-7-10-22/h5-7,9-10,13-20H,3-4,8,11-12H2,1-2H3,(H,32,34)(H2,35,36,37). The van der Waals surface area contributed by atoms with Crippen molar-refractivity contribution >= 4 is 30.8 Å². The first-order valence-electron chi connectivity index (χ1n) is 12.9. The molecule has 3 N–H and O–H groups in total. The van der Waals surface area contributed by atoms with Crippen LogP contribution >= 0.6 is 19.2 Å². The second kappa shape index (κ2) is 12.3. The first kappa shape index (κ1) is 28.8. The van der Waals surface area contributed by atoms with Gasteiger partial charge in [0.15, 0.2) is 0 Å². The van der Waals surface area contributed by atoms with E-state index in [-0.39, 0.29) is 12.3 Å². The molecule has 3 aromatic carbocycles. The molecule has 0 atom stereocenters. The molecule has 0 saturated heterocycles. The fourth-order valence-electron chi connectivity index (χ4n) is 4.79. The molecule has 1 aromatic heterocycles. The molecule has 9 heteroatoms. The zero-order valence-electron chi connectivity index (χ0n) is 21.9. The molecule has 0 aliphatic heterocycles. The fourth-order valence-corrected chi connectivity index (χ4v) is 6.23. The van der Waals surface area contributed by atoms with Gasteiger partial charge in [-0.05, 0) is 61.2 Å². The Morgan fingerprint density at radius 2 is 1.59 bits per heavy atom. The van der Waals surface area contributed by atoms with Gasteiger partial charge in [-0.1, -0.05) is 67.9 Å². The van der Waals surface area contributed by atoms with Crippen LogP contribution < -0.4 is 5.32 Å². The van der Waals surface area contributed by atoms with Crippen molar-refractivity contribution in [2.45, 2.75) is 51.1 Å². The number of oxazole rings is 1. The number of benzene rings is 3. The van der Waals surface area contributed by atoms with E-state index >= 15 is 0 Å². The summed E-state index contributed by atoms with van der Waals surface area (Å²) in [5, 5.41) is 2.28. The molecular weight excluding hydrogens is 535 g/mol. The molecule has 0 radical (unpaired) electrons. The minimum atomic E-state index is -4.37. The van der Waals surface area contributed by atoms with Crippen LogP contribution in [-0.4, -0.2) is 20.7 Å². The third-order valence-corrected chi connectivity index (χ3v) is 9.33. The summed E-state index contributed by atoms with van der Waals surface area (Å²) in [5.41, 5.74) is 3.61. The van der Waals surface area contributed by atoms with Crippen molar-refractivity contribution in [1.82, 2.24) is 4.98 Å². The lowest BCUT2D eigenvalue weighted by atomic mass is 9.92. The average Bonchev–Trinajstić information content (AvgIpc) is 3.35. The SMILES string of the molecule is CCC(CC)(c1ccc(NC(=O)CCCc2oc(-c3ccccc3)nc2-c2ccc(Cl)cc2)cc1)P(=O)(O)O. The van der Waals surface area contributed by atoms with Crippen molar-refractivity contribution in [2.24, 2.45) is 0 Å². The number of nitrogens with zero attached hydrogens (tertiary/aromatic N) is 1. The van der Waals surface area contributed by atoms with Crippen LogP contribution in [0.5, 0.6) is 0 Å². The lowest BCUT2D eigenvalue weighted by molar-refractivity contribution is -0.116. The largest absolute Gasteiger partial charge is 0.441 e. The number of carbonyl (C=O) groups excluding carboxylic acids is 1. The normalized spacial score (nSPS) is 11.9. The number of nitrogens with one attached hydrogen (secondary N) is 1. The summed E-state index contributed by atoms with van der Waals surface area (Å²) in [6.45, 7) is 3.54. The molecular formula is C30H32ClN2O5P. The Bertz CT molecular complexity index is 1440. The lowest BCUT2D eigenvalue weighted by Crippen LogP contribution is -2.24. The molecule has 0 fully saturated rings. The molecule has 0 spiro atoms. The van der Waals surface area contributed by atoms with Gasteiger partial charge in [0, 0.05) is 34.7 Å². The van der Waals surface area contributed by atoms with Crippen molar-refractivity contribution in [1.29, 1.82) is 0 Å². The Morgan fingerprint density at radius 1 is 0.949 bits per heavy atom. The van der Waals surface area contributed by atoms with Crippen LogP contribution in [0.1, 0.15) is 50.9 Å². The number of halogens is 1. The minimum absolute atomic E-state index is 0.161. The van der Waals surface area contributed by atoms with E-state index in [1.165, 1.54) is 0 Å². The quantitative estimate of drug-likeness (QED) is 0.160. The number of aromatic nitrogens is 1. The Balaban J connectivity index is 1.43. The van der Waals surface area contributed by atoms with Crippen LogP contribution in [0.4, 0.5) is 5.69 Å². The highest BCUT2D eigenvalue weighted by Crippen LogP contribution is 2.60. The maximum absolute atomic E-state index is 12.7. The predicted octanol–water partition coefficient (Wildman–Crippen LogP) is 7.82. The van der Waals surface area contributed by atoms with Crippen LogP contribution in [0.25, 0.3) is 22.7 Å². The maximum atomic E-state index is 12.7. The van der Waals surface area contributed by atoms with E-state index in [0.717, 1.165) is 16.8 Å². The molecule has 4 rings (SSSR count). The number of hydrogen-bond donors (Lipinski definition) is 3. The third-order valence-electron chi connectivity index (χ3n) is 7.08. The van der Waals surface area contributed by atoms with Crippen LogP contribution in [-0.2, 0) is 20.9 Å². The summed E-state index contributed by atoms with van der Waals surface area (Å²) in [4.78, 5) is 37.4. The molecule has 0 bridgehead atoms. The van der Waals surface area contributed by atoms with E-state index in [1.54, 1.807) is 50.2 Å². The number of aryl methyl sites for hydroxylation is 1. The van der Waals surface area contributed by atoms with Crippen molar-refractivity contribution in [3.8, 4) is 22.7 Å². The molecule has 0 unspecified atom stereocenters. The number of carbonyl (C=O) groups is 1. The minimum Gasteiger partial charge on any atom is -0.441 e. The smallest absolute Gasteiger partial charge is 0.335 e. The highest BCUT2D eigenvalue weighted by molar-refractivity contribution is 7.53. The zero-order valence-corrected chi connectivity index (χ0v) is 23.6. The first-order chi connectivity index (χ1) is 18.7. The first-order valence-corrected chi connectivity index (χ1v) is 14.9.